The van der Waals surface area contributed by atoms with E-state index in [-0.39, 0.29) is 37.7 Å². The largest absolute Gasteiger partial charge is 0.631 e. The quantitative estimate of drug-likeness (QED) is 0.273. The monoisotopic (exact) mass is 76.0 g/mol. The molecular formula is H3BLi2O3. The van der Waals surface area contributed by atoms with Crippen LogP contribution < -0.4 is 0 Å². The van der Waals surface area contributed by atoms with E-state index in [2.05, 4.69) is 0 Å². The van der Waals surface area contributed by atoms with Crippen LogP contribution in [-0.4, -0.2) is 60.1 Å². The van der Waals surface area contributed by atoms with Gasteiger partial charge in [-0.05, 0) is 0 Å². The molecule has 0 fully saturated rings. The molecule has 0 heterocycles. The van der Waals surface area contributed by atoms with Crippen molar-refractivity contribution in [1.29, 1.82) is 0 Å². The topological polar surface area (TPSA) is 60.7 Å². The minimum atomic E-state index is -2.17. The van der Waals surface area contributed by atoms with Gasteiger partial charge in [-0.2, -0.15) is 0 Å². The van der Waals surface area contributed by atoms with Crippen LogP contribution in [0.5, 0.6) is 0 Å². The zero-order chi connectivity index (χ0) is 3.58. The van der Waals surface area contributed by atoms with Crippen LogP contribution in [0.2, 0.25) is 0 Å². The van der Waals surface area contributed by atoms with Gasteiger partial charge in [0, 0.05) is 37.7 Å². The van der Waals surface area contributed by atoms with E-state index in [9.17, 15) is 0 Å². The summed E-state index contributed by atoms with van der Waals surface area (Å²) in [5.41, 5.74) is 0. The third kappa shape index (κ3) is 67.8. The second kappa shape index (κ2) is 9.46. The second-order valence-corrected chi connectivity index (χ2v) is 0.346. The van der Waals surface area contributed by atoms with Gasteiger partial charge in [0.1, 0.15) is 0 Å². The SMILES string of the molecule is OB(O)O.[Li].[Li]. The van der Waals surface area contributed by atoms with Crippen LogP contribution in [0.4, 0.5) is 0 Å². The Morgan fingerprint density at radius 2 is 0.833 bits per heavy atom. The van der Waals surface area contributed by atoms with Crippen molar-refractivity contribution in [1.82, 2.24) is 0 Å². The minimum absolute atomic E-state index is 0. The molecule has 0 aromatic heterocycles. The van der Waals surface area contributed by atoms with E-state index in [1.165, 1.54) is 0 Å². The van der Waals surface area contributed by atoms with E-state index >= 15 is 0 Å². The van der Waals surface area contributed by atoms with Crippen LogP contribution in [0.1, 0.15) is 0 Å². The van der Waals surface area contributed by atoms with E-state index in [1.54, 1.807) is 0 Å². The number of rotatable bonds is 0. The summed E-state index contributed by atoms with van der Waals surface area (Å²) in [6.07, 6.45) is 0. The van der Waals surface area contributed by atoms with Crippen molar-refractivity contribution >= 4 is 45.0 Å². The molecule has 6 heavy (non-hydrogen) atoms. The summed E-state index contributed by atoms with van der Waals surface area (Å²) in [5, 5.41) is 21.5. The zero-order valence-electron chi connectivity index (χ0n) is 3.92. The molecule has 3 nitrogen and oxygen atoms in total. The predicted octanol–water partition coefficient (Wildman–Crippen LogP) is -2.81. The van der Waals surface area contributed by atoms with Crippen molar-refractivity contribution in [2.24, 2.45) is 0 Å². The first-order chi connectivity index (χ1) is 1.73. The van der Waals surface area contributed by atoms with Gasteiger partial charge in [0.25, 0.3) is 0 Å². The van der Waals surface area contributed by atoms with Crippen molar-refractivity contribution in [3.8, 4) is 0 Å². The molecule has 0 aliphatic rings. The van der Waals surface area contributed by atoms with Crippen molar-refractivity contribution in [2.75, 3.05) is 0 Å². The number of hydrogen-bond acceptors (Lipinski definition) is 3. The average molecular weight is 75.7 g/mol. The smallest absolute Gasteiger partial charge is 0.402 e. The fourth-order valence-electron chi connectivity index (χ4n) is 0. The van der Waals surface area contributed by atoms with Gasteiger partial charge in [-0.25, -0.2) is 0 Å². The van der Waals surface area contributed by atoms with Gasteiger partial charge in [0.2, 0.25) is 0 Å². The van der Waals surface area contributed by atoms with E-state index in [4.69, 9.17) is 15.1 Å². The van der Waals surface area contributed by atoms with Crippen LogP contribution in [0, 0.1) is 0 Å². The molecule has 0 aliphatic carbocycles. The molecule has 0 aromatic carbocycles. The average Bonchev–Trinajstić information content (AvgIpc) is 0.811. The third-order valence-corrected chi connectivity index (χ3v) is 0. The van der Waals surface area contributed by atoms with Gasteiger partial charge in [0.05, 0.1) is 0 Å². The third-order valence-electron chi connectivity index (χ3n) is 0. The summed E-state index contributed by atoms with van der Waals surface area (Å²) >= 11 is 0. The Bertz CT molecular complexity index is 13.5. The van der Waals surface area contributed by atoms with Gasteiger partial charge < -0.3 is 15.1 Å². The second-order valence-electron chi connectivity index (χ2n) is 0.346. The summed E-state index contributed by atoms with van der Waals surface area (Å²) < 4.78 is 0. The Labute approximate surface area is 60.3 Å². The van der Waals surface area contributed by atoms with Crippen LogP contribution in [-0.2, 0) is 0 Å². The van der Waals surface area contributed by atoms with Gasteiger partial charge in [-0.15, -0.1) is 0 Å². The van der Waals surface area contributed by atoms with E-state index in [1.807, 2.05) is 0 Å². The van der Waals surface area contributed by atoms with Gasteiger partial charge in [0.15, 0.2) is 0 Å². The molecule has 0 spiro atoms. The molecule has 0 unspecified atom stereocenters. The molecule has 0 saturated carbocycles. The van der Waals surface area contributed by atoms with Crippen LogP contribution in [0.25, 0.3) is 0 Å². The van der Waals surface area contributed by atoms with E-state index < -0.39 is 7.32 Å². The van der Waals surface area contributed by atoms with Crippen molar-refractivity contribution in [3.63, 3.8) is 0 Å². The molecule has 0 aliphatic heterocycles. The first kappa shape index (κ1) is 15.7. The molecule has 26 valence electrons. The Balaban J connectivity index is -0.0000000450. The fourth-order valence-corrected chi connectivity index (χ4v) is 0. The van der Waals surface area contributed by atoms with E-state index in [0.29, 0.717) is 0 Å². The molecular weight excluding hydrogens is 72.7 g/mol. The molecule has 0 aromatic rings. The molecule has 0 atom stereocenters. The van der Waals surface area contributed by atoms with Crippen LogP contribution >= 0.6 is 0 Å². The summed E-state index contributed by atoms with van der Waals surface area (Å²) in [6, 6.07) is 0. The molecule has 6 heteroatoms. The molecule has 3 N–H and O–H groups in total. The van der Waals surface area contributed by atoms with Gasteiger partial charge in [-0.3, -0.25) is 0 Å². The van der Waals surface area contributed by atoms with Crippen LogP contribution in [0.3, 0.4) is 0 Å². The maximum absolute atomic E-state index is 7.17. The summed E-state index contributed by atoms with van der Waals surface area (Å²) in [6.45, 7) is 0. The Hall–Kier alpha value is 1.14. The molecule has 0 bridgehead atoms. The summed E-state index contributed by atoms with van der Waals surface area (Å²) in [7, 11) is -2.17. The zero-order valence-corrected chi connectivity index (χ0v) is 3.92. The van der Waals surface area contributed by atoms with Crippen LogP contribution in [0.15, 0.2) is 0 Å². The Kier molecular flexibility index (Phi) is 24.8. The fraction of sp³-hybridized carbons (Fsp3) is 0. The van der Waals surface area contributed by atoms with Crippen molar-refractivity contribution < 1.29 is 15.1 Å². The summed E-state index contributed by atoms with van der Waals surface area (Å²) in [4.78, 5) is 0. The minimum Gasteiger partial charge on any atom is -0.402 e. The summed E-state index contributed by atoms with van der Waals surface area (Å²) in [5.74, 6) is 0. The Morgan fingerprint density at radius 3 is 0.833 bits per heavy atom. The first-order valence-electron chi connectivity index (χ1n) is 0.775. The number of hydrogen-bond donors (Lipinski definition) is 3. The molecule has 2 radical (unpaired) electrons. The van der Waals surface area contributed by atoms with Crippen molar-refractivity contribution in [3.05, 3.63) is 0 Å². The first-order valence-corrected chi connectivity index (χ1v) is 0.775. The molecule has 0 rings (SSSR count). The Morgan fingerprint density at radius 1 is 0.833 bits per heavy atom. The normalized spacial score (nSPS) is 4.50. The molecule has 0 saturated heterocycles. The van der Waals surface area contributed by atoms with Crippen molar-refractivity contribution in [2.45, 2.75) is 0 Å². The molecule has 0 amide bonds. The predicted molar refractivity (Wildman–Crippen MR) is 23.9 cm³/mol. The standard InChI is InChI=1S/BH3O3.2Li/c2-1(3)4;;/h2-4H;;. The van der Waals surface area contributed by atoms with E-state index in [0.717, 1.165) is 0 Å². The van der Waals surface area contributed by atoms with Gasteiger partial charge in [-0.1, -0.05) is 0 Å². The maximum atomic E-state index is 7.17. The maximum Gasteiger partial charge on any atom is 0.631 e. The van der Waals surface area contributed by atoms with Gasteiger partial charge >= 0.3 is 7.32 Å².